The average molecular weight is 453 g/mol. The molecule has 0 fully saturated rings. The fourth-order valence-corrected chi connectivity index (χ4v) is 3.54. The number of alkyl carbamates (subject to hydrolysis) is 1. The fourth-order valence-electron chi connectivity index (χ4n) is 3.54. The Balaban J connectivity index is 1.78. The summed E-state index contributed by atoms with van der Waals surface area (Å²) < 4.78 is 10.4. The highest BCUT2D eigenvalue weighted by Crippen LogP contribution is 2.23. The second-order valence-electron chi connectivity index (χ2n) is 8.73. The standard InChI is InChI=1S/C25H28N2O6/c1-5-32-23(30)17-12-10-16(11-13-17)14-18(26-24(31)33-25(2,3)4)15-27-21(28)19-8-6-7-9-20(19)22(27)29/h6-13,18H,5,14-15H2,1-4H3,(H,26,31). The van der Waals surface area contributed by atoms with E-state index in [0.29, 0.717) is 23.1 Å². The second-order valence-corrected chi connectivity index (χ2v) is 8.73. The van der Waals surface area contributed by atoms with Crippen molar-refractivity contribution in [2.75, 3.05) is 13.2 Å². The molecule has 1 unspecified atom stereocenters. The number of carbonyl (C=O) groups excluding carboxylic acids is 4. The van der Waals surface area contributed by atoms with Crippen LogP contribution in [0.5, 0.6) is 0 Å². The SMILES string of the molecule is CCOC(=O)c1ccc(CC(CN2C(=O)c3ccccc3C2=O)NC(=O)OC(C)(C)C)cc1. The molecule has 0 aliphatic carbocycles. The van der Waals surface area contributed by atoms with E-state index in [4.69, 9.17) is 9.47 Å². The van der Waals surface area contributed by atoms with Gasteiger partial charge >= 0.3 is 12.1 Å². The molecule has 0 spiro atoms. The second kappa shape index (κ2) is 9.85. The van der Waals surface area contributed by atoms with Crippen molar-refractivity contribution in [1.82, 2.24) is 10.2 Å². The Morgan fingerprint density at radius 2 is 1.55 bits per heavy atom. The smallest absolute Gasteiger partial charge is 0.407 e. The minimum Gasteiger partial charge on any atom is -0.462 e. The molecule has 2 aromatic carbocycles. The molecule has 1 atom stereocenters. The van der Waals surface area contributed by atoms with Crippen LogP contribution in [0.2, 0.25) is 0 Å². The summed E-state index contributed by atoms with van der Waals surface area (Å²) >= 11 is 0. The molecule has 3 amide bonds. The molecule has 0 bridgehead atoms. The molecule has 174 valence electrons. The quantitative estimate of drug-likeness (QED) is 0.509. The zero-order valence-corrected chi connectivity index (χ0v) is 19.2. The molecule has 1 aliphatic rings. The summed E-state index contributed by atoms with van der Waals surface area (Å²) in [5.74, 6) is -1.22. The monoisotopic (exact) mass is 452 g/mol. The topological polar surface area (TPSA) is 102 Å². The number of benzene rings is 2. The van der Waals surface area contributed by atoms with Crippen LogP contribution in [0.25, 0.3) is 0 Å². The van der Waals surface area contributed by atoms with Gasteiger partial charge in [0.25, 0.3) is 11.8 Å². The van der Waals surface area contributed by atoms with Crippen LogP contribution in [-0.4, -0.2) is 53.6 Å². The third kappa shape index (κ3) is 5.97. The predicted octanol–water partition coefficient (Wildman–Crippen LogP) is 3.60. The van der Waals surface area contributed by atoms with Crippen LogP contribution in [0.15, 0.2) is 48.5 Å². The van der Waals surface area contributed by atoms with Gasteiger partial charge in [-0.2, -0.15) is 0 Å². The highest BCUT2D eigenvalue weighted by molar-refractivity contribution is 6.21. The lowest BCUT2D eigenvalue weighted by Crippen LogP contribution is -2.48. The summed E-state index contributed by atoms with van der Waals surface area (Å²) in [6.07, 6.45) is -0.331. The minimum atomic E-state index is -0.703. The van der Waals surface area contributed by atoms with E-state index in [1.807, 2.05) is 0 Å². The van der Waals surface area contributed by atoms with E-state index in [-0.39, 0.29) is 13.2 Å². The number of nitrogens with zero attached hydrogens (tertiary/aromatic N) is 1. The summed E-state index contributed by atoms with van der Waals surface area (Å²) in [5, 5.41) is 2.78. The highest BCUT2D eigenvalue weighted by atomic mass is 16.6. The zero-order valence-electron chi connectivity index (χ0n) is 19.2. The number of amides is 3. The van der Waals surface area contributed by atoms with Gasteiger partial charge < -0.3 is 14.8 Å². The molecule has 1 heterocycles. The summed E-state index contributed by atoms with van der Waals surface area (Å²) in [4.78, 5) is 51.1. The summed E-state index contributed by atoms with van der Waals surface area (Å²) in [5.41, 5.74) is 1.21. The van der Waals surface area contributed by atoms with E-state index in [1.54, 1.807) is 76.2 Å². The van der Waals surface area contributed by atoms with Crippen molar-refractivity contribution in [2.45, 2.75) is 45.8 Å². The number of hydrogen-bond acceptors (Lipinski definition) is 6. The van der Waals surface area contributed by atoms with Gasteiger partial charge in [0.2, 0.25) is 0 Å². The average Bonchev–Trinajstić information content (AvgIpc) is 2.98. The summed E-state index contributed by atoms with van der Waals surface area (Å²) in [6.45, 7) is 7.24. The van der Waals surface area contributed by atoms with Crippen LogP contribution < -0.4 is 5.32 Å². The lowest BCUT2D eigenvalue weighted by atomic mass is 10.0. The maximum absolute atomic E-state index is 12.8. The lowest BCUT2D eigenvalue weighted by Gasteiger charge is -2.26. The van der Waals surface area contributed by atoms with E-state index in [1.165, 1.54) is 0 Å². The molecule has 1 N–H and O–H groups in total. The Labute approximate surface area is 192 Å². The van der Waals surface area contributed by atoms with Crippen molar-refractivity contribution < 1.29 is 28.7 Å². The molecule has 0 radical (unpaired) electrons. The van der Waals surface area contributed by atoms with Gasteiger partial charge in [-0.25, -0.2) is 9.59 Å². The maximum atomic E-state index is 12.8. The van der Waals surface area contributed by atoms with Gasteiger partial charge in [-0.05, 0) is 63.9 Å². The van der Waals surface area contributed by atoms with Crippen molar-refractivity contribution in [3.05, 3.63) is 70.8 Å². The van der Waals surface area contributed by atoms with E-state index >= 15 is 0 Å². The van der Waals surface area contributed by atoms with Gasteiger partial charge in [0, 0.05) is 0 Å². The fraction of sp³-hybridized carbons (Fsp3) is 0.360. The number of fused-ring (bicyclic) bond motifs is 1. The summed E-state index contributed by atoms with van der Waals surface area (Å²) in [6, 6.07) is 12.8. The van der Waals surface area contributed by atoms with Crippen molar-refractivity contribution in [3.8, 4) is 0 Å². The number of nitrogens with one attached hydrogen (secondary N) is 1. The van der Waals surface area contributed by atoms with Crippen molar-refractivity contribution in [3.63, 3.8) is 0 Å². The van der Waals surface area contributed by atoms with Gasteiger partial charge in [-0.3, -0.25) is 14.5 Å². The normalized spacial score (nSPS) is 14.0. The molecule has 2 aromatic rings. The third-order valence-electron chi connectivity index (χ3n) is 4.95. The first kappa shape index (κ1) is 24.0. The van der Waals surface area contributed by atoms with Crippen LogP contribution in [0, 0.1) is 0 Å². The number of rotatable bonds is 7. The van der Waals surface area contributed by atoms with Gasteiger partial charge in [0.1, 0.15) is 5.60 Å². The first-order chi connectivity index (χ1) is 15.6. The molecule has 0 aromatic heterocycles. The van der Waals surface area contributed by atoms with Crippen LogP contribution in [0.4, 0.5) is 4.79 Å². The number of ether oxygens (including phenoxy) is 2. The van der Waals surface area contributed by atoms with Crippen LogP contribution in [0.1, 0.15) is 64.3 Å². The molecule has 0 saturated heterocycles. The molecule has 1 aliphatic heterocycles. The van der Waals surface area contributed by atoms with Gasteiger partial charge in [0.05, 0.1) is 35.9 Å². The zero-order chi connectivity index (χ0) is 24.2. The number of hydrogen-bond donors (Lipinski definition) is 1. The molecule has 33 heavy (non-hydrogen) atoms. The Kier molecular flexibility index (Phi) is 7.16. The Bertz CT molecular complexity index is 1020. The molecule has 0 saturated carbocycles. The van der Waals surface area contributed by atoms with Crippen LogP contribution in [0.3, 0.4) is 0 Å². The minimum absolute atomic E-state index is 0.0226. The van der Waals surface area contributed by atoms with Gasteiger partial charge in [-0.1, -0.05) is 24.3 Å². The van der Waals surface area contributed by atoms with E-state index in [0.717, 1.165) is 10.5 Å². The largest absolute Gasteiger partial charge is 0.462 e. The van der Waals surface area contributed by atoms with Crippen molar-refractivity contribution >= 4 is 23.9 Å². The first-order valence-corrected chi connectivity index (χ1v) is 10.8. The molecule has 3 rings (SSSR count). The Hall–Kier alpha value is -3.68. The van der Waals surface area contributed by atoms with E-state index < -0.39 is 35.5 Å². The van der Waals surface area contributed by atoms with Gasteiger partial charge in [-0.15, -0.1) is 0 Å². The number of imide groups is 1. The first-order valence-electron chi connectivity index (χ1n) is 10.8. The van der Waals surface area contributed by atoms with E-state index in [9.17, 15) is 19.2 Å². The Morgan fingerprint density at radius 3 is 2.06 bits per heavy atom. The Morgan fingerprint density at radius 1 is 0.970 bits per heavy atom. The van der Waals surface area contributed by atoms with Crippen LogP contribution >= 0.6 is 0 Å². The number of carbonyl (C=O) groups is 4. The predicted molar refractivity (Wildman–Crippen MR) is 121 cm³/mol. The van der Waals surface area contributed by atoms with Crippen molar-refractivity contribution in [2.24, 2.45) is 0 Å². The summed E-state index contributed by atoms with van der Waals surface area (Å²) in [7, 11) is 0. The van der Waals surface area contributed by atoms with Gasteiger partial charge in [0.15, 0.2) is 0 Å². The maximum Gasteiger partial charge on any atom is 0.407 e. The van der Waals surface area contributed by atoms with Crippen LogP contribution in [-0.2, 0) is 15.9 Å². The molecular weight excluding hydrogens is 424 g/mol. The molecule has 8 heteroatoms. The number of esters is 1. The highest BCUT2D eigenvalue weighted by Gasteiger charge is 2.37. The van der Waals surface area contributed by atoms with Crippen molar-refractivity contribution in [1.29, 1.82) is 0 Å². The molecule has 8 nitrogen and oxygen atoms in total. The molecular formula is C25H28N2O6. The third-order valence-corrected chi connectivity index (χ3v) is 4.95. The lowest BCUT2D eigenvalue weighted by molar-refractivity contribution is 0.0468. The van der Waals surface area contributed by atoms with E-state index in [2.05, 4.69) is 5.32 Å².